The van der Waals surface area contributed by atoms with Crippen LogP contribution in [0.3, 0.4) is 0 Å². The minimum Gasteiger partial charge on any atom is -0.369 e. The molecule has 0 spiro atoms. The fourth-order valence-electron chi connectivity index (χ4n) is 1.92. The molecule has 2 N–H and O–H groups in total. The van der Waals surface area contributed by atoms with Crippen LogP contribution in [0, 0.1) is 13.8 Å². The molecule has 23 heavy (non-hydrogen) atoms. The summed E-state index contributed by atoms with van der Waals surface area (Å²) in [6.07, 6.45) is 0. The van der Waals surface area contributed by atoms with Crippen molar-refractivity contribution in [3.63, 3.8) is 0 Å². The van der Waals surface area contributed by atoms with E-state index in [1.165, 1.54) is 0 Å². The van der Waals surface area contributed by atoms with Crippen LogP contribution >= 0.6 is 15.9 Å². The number of sulfonamides is 1. The van der Waals surface area contributed by atoms with Gasteiger partial charge in [0, 0.05) is 15.7 Å². The van der Waals surface area contributed by atoms with Gasteiger partial charge in [-0.15, -0.1) is 0 Å². The first-order chi connectivity index (χ1) is 10.8. The largest absolute Gasteiger partial charge is 0.369 e. The molecule has 0 radical (unpaired) electrons. The first kappa shape index (κ1) is 17.5. The van der Waals surface area contributed by atoms with Crippen LogP contribution in [0.2, 0.25) is 0 Å². The Morgan fingerprint density at radius 1 is 1.09 bits per heavy atom. The van der Waals surface area contributed by atoms with E-state index in [9.17, 15) is 13.2 Å². The SMILES string of the molecule is Cc1ccc(NCS(=O)(=O)NC(=O)c2ccccc2)c(Br)c1C. The third-order valence-corrected chi connectivity index (χ3v) is 5.44. The highest BCUT2D eigenvalue weighted by molar-refractivity contribution is 9.10. The number of aryl methyl sites for hydroxylation is 1. The monoisotopic (exact) mass is 396 g/mol. The molecule has 2 aromatic carbocycles. The summed E-state index contributed by atoms with van der Waals surface area (Å²) < 4.78 is 26.9. The van der Waals surface area contributed by atoms with E-state index in [2.05, 4.69) is 21.2 Å². The van der Waals surface area contributed by atoms with E-state index in [-0.39, 0.29) is 0 Å². The number of hydrogen-bond donors (Lipinski definition) is 2. The van der Waals surface area contributed by atoms with Crippen LogP contribution in [0.15, 0.2) is 46.9 Å². The van der Waals surface area contributed by atoms with Gasteiger partial charge >= 0.3 is 0 Å². The van der Waals surface area contributed by atoms with Gasteiger partial charge in [-0.25, -0.2) is 13.1 Å². The van der Waals surface area contributed by atoms with Crippen molar-refractivity contribution in [3.05, 3.63) is 63.6 Å². The summed E-state index contributed by atoms with van der Waals surface area (Å²) >= 11 is 3.44. The van der Waals surface area contributed by atoms with Crippen molar-refractivity contribution in [2.75, 3.05) is 11.2 Å². The average Bonchev–Trinajstić information content (AvgIpc) is 2.52. The van der Waals surface area contributed by atoms with Gasteiger partial charge in [0.2, 0.25) is 0 Å². The molecule has 5 nitrogen and oxygen atoms in total. The molecule has 0 fully saturated rings. The molecule has 0 aliphatic heterocycles. The molecule has 0 aliphatic rings. The number of rotatable bonds is 5. The van der Waals surface area contributed by atoms with Gasteiger partial charge in [0.15, 0.2) is 0 Å². The average molecular weight is 397 g/mol. The second-order valence-corrected chi connectivity index (χ2v) is 7.62. The van der Waals surface area contributed by atoms with Crippen molar-refractivity contribution in [2.24, 2.45) is 0 Å². The maximum atomic E-state index is 12.0. The lowest BCUT2D eigenvalue weighted by atomic mass is 10.1. The number of benzene rings is 2. The molecule has 1 amide bonds. The van der Waals surface area contributed by atoms with Crippen LogP contribution in [-0.4, -0.2) is 20.2 Å². The highest BCUT2D eigenvalue weighted by Crippen LogP contribution is 2.28. The Bertz CT molecular complexity index is 821. The van der Waals surface area contributed by atoms with E-state index in [0.717, 1.165) is 15.6 Å². The van der Waals surface area contributed by atoms with Crippen molar-refractivity contribution in [1.82, 2.24) is 4.72 Å². The van der Waals surface area contributed by atoms with E-state index in [0.29, 0.717) is 11.3 Å². The Morgan fingerprint density at radius 3 is 2.39 bits per heavy atom. The molecular weight excluding hydrogens is 380 g/mol. The van der Waals surface area contributed by atoms with Crippen LogP contribution in [0.1, 0.15) is 21.5 Å². The first-order valence-electron chi connectivity index (χ1n) is 6.89. The number of amides is 1. The molecule has 122 valence electrons. The molecule has 0 bridgehead atoms. The molecule has 0 heterocycles. The van der Waals surface area contributed by atoms with E-state index >= 15 is 0 Å². The number of anilines is 1. The van der Waals surface area contributed by atoms with Crippen molar-refractivity contribution in [1.29, 1.82) is 0 Å². The smallest absolute Gasteiger partial charge is 0.264 e. The zero-order valence-electron chi connectivity index (χ0n) is 12.8. The van der Waals surface area contributed by atoms with Crippen LogP contribution < -0.4 is 10.0 Å². The lowest BCUT2D eigenvalue weighted by Crippen LogP contribution is -2.34. The lowest BCUT2D eigenvalue weighted by Gasteiger charge is -2.13. The summed E-state index contributed by atoms with van der Waals surface area (Å²) in [5, 5.41) is 2.83. The standard InChI is InChI=1S/C16H17BrN2O3S/c1-11-8-9-14(15(17)12(11)2)18-10-23(21,22)19-16(20)13-6-4-3-5-7-13/h3-9,18H,10H2,1-2H3,(H,19,20). The molecule has 7 heteroatoms. The highest BCUT2D eigenvalue weighted by atomic mass is 79.9. The molecule has 0 aliphatic carbocycles. The second-order valence-electron chi connectivity index (χ2n) is 5.10. The Balaban J connectivity index is 2.05. The predicted molar refractivity (Wildman–Crippen MR) is 94.9 cm³/mol. The van der Waals surface area contributed by atoms with Gasteiger partial charge in [-0.05, 0) is 59.1 Å². The van der Waals surface area contributed by atoms with Crippen LogP contribution in [0.5, 0.6) is 0 Å². The quantitative estimate of drug-likeness (QED) is 0.813. The normalized spacial score (nSPS) is 11.1. The second kappa shape index (κ2) is 7.14. The summed E-state index contributed by atoms with van der Waals surface area (Å²) in [5.41, 5.74) is 3.08. The minimum absolute atomic E-state index is 0.295. The van der Waals surface area contributed by atoms with Crippen molar-refractivity contribution in [2.45, 2.75) is 13.8 Å². The summed E-state index contributed by atoms with van der Waals surface area (Å²) in [6, 6.07) is 11.9. The number of carbonyl (C=O) groups is 1. The zero-order valence-corrected chi connectivity index (χ0v) is 15.2. The Labute approximate surface area is 144 Å². The fraction of sp³-hybridized carbons (Fsp3) is 0.188. The molecule has 0 aromatic heterocycles. The molecule has 0 saturated carbocycles. The molecule has 0 atom stereocenters. The topological polar surface area (TPSA) is 75.3 Å². The predicted octanol–water partition coefficient (Wildman–Crippen LogP) is 3.20. The first-order valence-corrected chi connectivity index (χ1v) is 9.34. The van der Waals surface area contributed by atoms with Gasteiger partial charge in [-0.1, -0.05) is 24.3 Å². The molecule has 2 aromatic rings. The molecular formula is C16H17BrN2O3S. The van der Waals surface area contributed by atoms with Crippen molar-refractivity contribution < 1.29 is 13.2 Å². The third kappa shape index (κ3) is 4.56. The van der Waals surface area contributed by atoms with Gasteiger partial charge in [-0.2, -0.15) is 0 Å². The number of carbonyl (C=O) groups excluding carboxylic acids is 1. The van der Waals surface area contributed by atoms with E-state index in [1.807, 2.05) is 24.6 Å². The van der Waals surface area contributed by atoms with Crippen LogP contribution in [0.25, 0.3) is 0 Å². The van der Waals surface area contributed by atoms with Crippen molar-refractivity contribution >= 4 is 37.5 Å². The van der Waals surface area contributed by atoms with Crippen molar-refractivity contribution in [3.8, 4) is 0 Å². The summed E-state index contributed by atoms with van der Waals surface area (Å²) in [5.74, 6) is -1.04. The number of halogens is 1. The maximum absolute atomic E-state index is 12.0. The Morgan fingerprint density at radius 2 is 1.74 bits per heavy atom. The van der Waals surface area contributed by atoms with Crippen LogP contribution in [-0.2, 0) is 10.0 Å². The Hall–Kier alpha value is -1.86. The molecule has 0 saturated heterocycles. The number of hydrogen-bond acceptors (Lipinski definition) is 4. The van der Waals surface area contributed by atoms with Crippen LogP contribution in [0.4, 0.5) is 5.69 Å². The van der Waals surface area contributed by atoms with Gasteiger partial charge < -0.3 is 5.32 Å². The van der Waals surface area contributed by atoms with Gasteiger partial charge in [0.05, 0.1) is 0 Å². The molecule has 0 unspecified atom stereocenters. The van der Waals surface area contributed by atoms with Gasteiger partial charge in [-0.3, -0.25) is 4.79 Å². The van der Waals surface area contributed by atoms with E-state index in [4.69, 9.17) is 0 Å². The fourth-order valence-corrected chi connectivity index (χ4v) is 3.32. The zero-order chi connectivity index (χ0) is 17.0. The van der Waals surface area contributed by atoms with Gasteiger partial charge in [0.1, 0.15) is 5.88 Å². The maximum Gasteiger partial charge on any atom is 0.264 e. The van der Waals surface area contributed by atoms with E-state index < -0.39 is 21.8 Å². The van der Waals surface area contributed by atoms with Gasteiger partial charge in [0.25, 0.3) is 15.9 Å². The summed E-state index contributed by atoms with van der Waals surface area (Å²) in [7, 11) is -3.80. The summed E-state index contributed by atoms with van der Waals surface area (Å²) in [6.45, 7) is 3.91. The molecule has 2 rings (SSSR count). The minimum atomic E-state index is -3.80. The van der Waals surface area contributed by atoms with E-state index in [1.54, 1.807) is 36.4 Å². The highest BCUT2D eigenvalue weighted by Gasteiger charge is 2.16. The third-order valence-electron chi connectivity index (χ3n) is 3.39. The number of nitrogens with one attached hydrogen (secondary N) is 2. The summed E-state index contributed by atoms with van der Waals surface area (Å²) in [4.78, 5) is 11.9. The lowest BCUT2D eigenvalue weighted by molar-refractivity contribution is 0.0981. The Kier molecular flexibility index (Phi) is 5.43.